The Hall–Kier alpha value is -2.46. The maximum absolute atomic E-state index is 12.8. The van der Waals surface area contributed by atoms with Gasteiger partial charge in [-0.2, -0.15) is 4.31 Å². The number of amides is 1. The van der Waals surface area contributed by atoms with Crippen molar-refractivity contribution < 1.29 is 32.3 Å². The molecule has 0 fully saturated rings. The number of benzene rings is 1. The smallest absolute Gasteiger partial charge is 0.328 e. The van der Waals surface area contributed by atoms with E-state index in [-0.39, 0.29) is 23.3 Å². The molecule has 0 bridgehead atoms. The quantitative estimate of drug-likeness (QED) is 0.557. The zero-order valence-corrected chi connectivity index (χ0v) is 18.2. The van der Waals surface area contributed by atoms with Gasteiger partial charge < -0.3 is 14.8 Å². The number of esters is 2. The fraction of sp³-hybridized carbons (Fsp3) is 0.526. The van der Waals surface area contributed by atoms with Gasteiger partial charge in [-0.05, 0) is 31.0 Å². The maximum Gasteiger partial charge on any atom is 0.328 e. The van der Waals surface area contributed by atoms with Gasteiger partial charge in [-0.25, -0.2) is 13.2 Å². The second-order valence-electron chi connectivity index (χ2n) is 6.23. The summed E-state index contributed by atoms with van der Waals surface area (Å²) in [5.41, 5.74) is 0.655. The van der Waals surface area contributed by atoms with Gasteiger partial charge in [-0.15, -0.1) is 0 Å². The molecule has 0 saturated heterocycles. The lowest BCUT2D eigenvalue weighted by molar-refractivity contribution is -0.144. The lowest BCUT2D eigenvalue weighted by atomic mass is 10.1. The average molecular weight is 429 g/mol. The molecule has 162 valence electrons. The summed E-state index contributed by atoms with van der Waals surface area (Å²) in [5, 5.41) is 2.51. The summed E-state index contributed by atoms with van der Waals surface area (Å²) in [6.07, 6.45) is -0.104. The number of carbonyl (C=O) groups excluding carboxylic acids is 3. The molecule has 1 N–H and O–H groups in total. The summed E-state index contributed by atoms with van der Waals surface area (Å²) in [4.78, 5) is 36.1. The van der Waals surface area contributed by atoms with Crippen molar-refractivity contribution in [3.05, 3.63) is 29.3 Å². The first kappa shape index (κ1) is 24.6. The number of aryl methyl sites for hydroxylation is 1. The fourth-order valence-corrected chi connectivity index (χ4v) is 4.20. The summed E-state index contributed by atoms with van der Waals surface area (Å²) < 4.78 is 36.0. The van der Waals surface area contributed by atoms with Crippen LogP contribution in [0.25, 0.3) is 0 Å². The van der Waals surface area contributed by atoms with Crippen LogP contribution in [-0.4, -0.2) is 63.9 Å². The van der Waals surface area contributed by atoms with E-state index in [1.165, 1.54) is 36.7 Å². The number of nitrogens with one attached hydrogen (secondary N) is 1. The molecule has 1 amide bonds. The predicted molar refractivity (Wildman–Crippen MR) is 106 cm³/mol. The highest BCUT2D eigenvalue weighted by Gasteiger charge is 2.26. The molecule has 0 aromatic heterocycles. The zero-order chi connectivity index (χ0) is 22.2. The Labute approximate surface area is 171 Å². The number of sulfonamides is 1. The first-order valence-corrected chi connectivity index (χ1v) is 10.6. The molecule has 29 heavy (non-hydrogen) atoms. The van der Waals surface area contributed by atoms with Gasteiger partial charge in [0.05, 0.1) is 19.1 Å². The third kappa shape index (κ3) is 6.26. The predicted octanol–water partition coefficient (Wildman–Crippen LogP) is 1.25. The number of carbonyl (C=O) groups is 3. The minimum Gasteiger partial charge on any atom is -0.469 e. The van der Waals surface area contributed by atoms with E-state index in [1.54, 1.807) is 20.8 Å². The third-order valence-electron chi connectivity index (χ3n) is 4.45. The molecule has 0 spiro atoms. The highest BCUT2D eigenvalue weighted by molar-refractivity contribution is 7.89. The molecule has 1 aromatic carbocycles. The molecule has 1 atom stereocenters. The minimum atomic E-state index is -3.75. The molecule has 0 aliphatic carbocycles. The first-order valence-electron chi connectivity index (χ1n) is 9.18. The van der Waals surface area contributed by atoms with Crippen LogP contribution in [0.5, 0.6) is 0 Å². The lowest BCUT2D eigenvalue weighted by Gasteiger charge is -2.20. The van der Waals surface area contributed by atoms with Gasteiger partial charge >= 0.3 is 11.9 Å². The van der Waals surface area contributed by atoms with Crippen molar-refractivity contribution in [2.24, 2.45) is 0 Å². The lowest BCUT2D eigenvalue weighted by Crippen LogP contribution is -2.42. The summed E-state index contributed by atoms with van der Waals surface area (Å²) in [6, 6.07) is 3.18. The second kappa shape index (κ2) is 10.9. The summed E-state index contributed by atoms with van der Waals surface area (Å²) >= 11 is 0. The molecular weight excluding hydrogens is 400 g/mol. The van der Waals surface area contributed by atoms with Gasteiger partial charge in [0.1, 0.15) is 6.04 Å². The number of ether oxygens (including phenoxy) is 2. The van der Waals surface area contributed by atoms with Gasteiger partial charge in [0.2, 0.25) is 10.0 Å². The molecule has 10 heteroatoms. The Kier molecular flexibility index (Phi) is 9.25. The van der Waals surface area contributed by atoms with Gasteiger partial charge in [-0.1, -0.05) is 19.9 Å². The Morgan fingerprint density at radius 3 is 2.24 bits per heavy atom. The summed E-state index contributed by atoms with van der Waals surface area (Å²) in [6.45, 7) is 5.71. The number of hydrogen-bond donors (Lipinski definition) is 1. The van der Waals surface area contributed by atoms with Crippen LogP contribution in [-0.2, 0) is 29.1 Å². The topological polar surface area (TPSA) is 119 Å². The Morgan fingerprint density at radius 1 is 1.10 bits per heavy atom. The molecule has 1 rings (SSSR count). The van der Waals surface area contributed by atoms with E-state index in [4.69, 9.17) is 0 Å². The highest BCUT2D eigenvalue weighted by atomic mass is 32.2. The number of methoxy groups -OCH3 is 2. The average Bonchev–Trinajstić information content (AvgIpc) is 2.70. The minimum absolute atomic E-state index is 0.0123. The van der Waals surface area contributed by atoms with Gasteiger partial charge in [0.15, 0.2) is 0 Å². The Morgan fingerprint density at radius 2 is 1.72 bits per heavy atom. The maximum atomic E-state index is 12.8. The van der Waals surface area contributed by atoms with Crippen LogP contribution in [0.1, 0.15) is 42.6 Å². The SMILES string of the molecule is CCN(CC)S(=O)(=O)c1ccc(C)c(C(=O)N[C@@H](CCC(=O)OC)C(=O)OC)c1. The van der Waals surface area contributed by atoms with Crippen LogP contribution >= 0.6 is 0 Å². The Bertz CT molecular complexity index is 848. The number of rotatable bonds is 10. The first-order chi connectivity index (χ1) is 13.6. The molecule has 9 nitrogen and oxygen atoms in total. The van der Waals surface area contributed by atoms with Crippen molar-refractivity contribution in [3.8, 4) is 0 Å². The van der Waals surface area contributed by atoms with Crippen LogP contribution in [0.4, 0.5) is 0 Å². The monoisotopic (exact) mass is 428 g/mol. The van der Waals surface area contributed by atoms with Crippen LogP contribution in [0, 0.1) is 6.92 Å². The number of hydrogen-bond acceptors (Lipinski definition) is 7. The molecule has 1 aromatic rings. The standard InChI is InChI=1S/C19H28N2O7S/c1-6-21(7-2)29(25,26)14-9-8-13(3)15(12-14)18(23)20-16(19(24)28-5)10-11-17(22)27-4/h8-9,12,16H,6-7,10-11H2,1-5H3,(H,20,23)/t16-/m0/s1. The van der Waals surface area contributed by atoms with Crippen molar-refractivity contribution in [1.29, 1.82) is 0 Å². The molecule has 0 radical (unpaired) electrons. The number of nitrogens with zero attached hydrogens (tertiary/aromatic N) is 1. The Balaban J connectivity index is 3.17. The van der Waals surface area contributed by atoms with Crippen LogP contribution in [0.2, 0.25) is 0 Å². The van der Waals surface area contributed by atoms with E-state index >= 15 is 0 Å². The van der Waals surface area contributed by atoms with Crippen molar-refractivity contribution >= 4 is 27.9 Å². The summed E-state index contributed by atoms with van der Waals surface area (Å²) in [7, 11) is -1.36. The molecule has 0 saturated carbocycles. The van der Waals surface area contributed by atoms with Crippen LogP contribution in [0.3, 0.4) is 0 Å². The van der Waals surface area contributed by atoms with E-state index in [0.29, 0.717) is 18.7 Å². The van der Waals surface area contributed by atoms with Crippen molar-refractivity contribution in [1.82, 2.24) is 9.62 Å². The van der Waals surface area contributed by atoms with Crippen LogP contribution < -0.4 is 5.32 Å². The zero-order valence-electron chi connectivity index (χ0n) is 17.4. The van der Waals surface area contributed by atoms with Gasteiger partial charge in [0.25, 0.3) is 5.91 Å². The second-order valence-corrected chi connectivity index (χ2v) is 8.17. The van der Waals surface area contributed by atoms with E-state index in [1.807, 2.05) is 0 Å². The molecule has 0 unspecified atom stereocenters. The third-order valence-corrected chi connectivity index (χ3v) is 6.50. The molecular formula is C19H28N2O7S. The van der Waals surface area contributed by atoms with Gasteiger partial charge in [0, 0.05) is 25.1 Å². The van der Waals surface area contributed by atoms with E-state index in [9.17, 15) is 22.8 Å². The fourth-order valence-electron chi connectivity index (χ4n) is 2.71. The summed E-state index contributed by atoms with van der Waals surface area (Å²) in [5.74, 6) is -1.89. The van der Waals surface area contributed by atoms with E-state index < -0.39 is 33.9 Å². The molecule has 0 aliphatic rings. The van der Waals surface area contributed by atoms with E-state index in [0.717, 1.165) is 0 Å². The molecule has 0 heterocycles. The van der Waals surface area contributed by atoms with Crippen molar-refractivity contribution in [2.75, 3.05) is 27.3 Å². The van der Waals surface area contributed by atoms with Gasteiger partial charge in [-0.3, -0.25) is 9.59 Å². The normalized spacial score (nSPS) is 12.3. The largest absolute Gasteiger partial charge is 0.469 e. The highest BCUT2D eigenvalue weighted by Crippen LogP contribution is 2.20. The van der Waals surface area contributed by atoms with Crippen molar-refractivity contribution in [2.45, 2.75) is 44.6 Å². The van der Waals surface area contributed by atoms with E-state index in [2.05, 4.69) is 14.8 Å². The van der Waals surface area contributed by atoms with Crippen LogP contribution in [0.15, 0.2) is 23.1 Å². The van der Waals surface area contributed by atoms with Crippen molar-refractivity contribution in [3.63, 3.8) is 0 Å². The molecule has 0 aliphatic heterocycles.